The van der Waals surface area contributed by atoms with E-state index in [9.17, 15) is 4.79 Å². The second-order valence-electron chi connectivity index (χ2n) is 8.04. The van der Waals surface area contributed by atoms with Crippen LogP contribution in [0.5, 0.6) is 0 Å². The van der Waals surface area contributed by atoms with Gasteiger partial charge in [-0.3, -0.25) is 4.79 Å². The van der Waals surface area contributed by atoms with Crippen molar-refractivity contribution in [3.63, 3.8) is 0 Å². The first-order valence-corrected chi connectivity index (χ1v) is 9.28. The number of ether oxygens (including phenoxy) is 2. The number of rotatable bonds is 0. The van der Waals surface area contributed by atoms with Gasteiger partial charge in [-0.15, -0.1) is 0 Å². The first-order valence-electron chi connectivity index (χ1n) is 9.28. The summed E-state index contributed by atoms with van der Waals surface area (Å²) < 4.78 is 12.0. The second-order valence-corrected chi connectivity index (χ2v) is 8.04. The fourth-order valence-corrected chi connectivity index (χ4v) is 6.45. The van der Waals surface area contributed by atoms with E-state index in [1.807, 2.05) is 0 Å². The molecule has 0 N–H and O–H groups in total. The molecule has 5 rings (SSSR count). The number of Topliss-reactive ketones (excluding diaryl/α,β-unsaturated/α-hetero) is 1. The number of hydrogen-bond acceptors (Lipinski definition) is 3. The molecule has 3 heteroatoms. The van der Waals surface area contributed by atoms with Gasteiger partial charge in [0.1, 0.15) is 11.7 Å². The van der Waals surface area contributed by atoms with Gasteiger partial charge in [-0.25, -0.2) is 0 Å². The molecule has 4 fully saturated rings. The normalized spacial score (nSPS) is 50.5. The standard InChI is InChI=1S/C19H26O3/c20-18-17-11-16-15-6-5-12-3-1-2-4-13(12)14(15)7-8-19(16,18)22-10-9-21-17/h5,13-17H,1-4,6-11H2/t13-,14+,15+,16-,17?,19+/m0/s1. The van der Waals surface area contributed by atoms with Crippen LogP contribution in [-0.2, 0) is 14.3 Å². The van der Waals surface area contributed by atoms with Gasteiger partial charge in [0, 0.05) is 5.92 Å². The molecule has 1 unspecified atom stereocenters. The van der Waals surface area contributed by atoms with Crippen molar-refractivity contribution in [2.24, 2.45) is 23.7 Å². The quantitative estimate of drug-likeness (QED) is 0.644. The van der Waals surface area contributed by atoms with Crippen LogP contribution < -0.4 is 0 Å². The zero-order valence-electron chi connectivity index (χ0n) is 13.3. The van der Waals surface area contributed by atoms with E-state index in [4.69, 9.17) is 9.47 Å². The highest BCUT2D eigenvalue weighted by atomic mass is 16.6. The zero-order valence-corrected chi connectivity index (χ0v) is 13.3. The Balaban J connectivity index is 1.50. The van der Waals surface area contributed by atoms with Gasteiger partial charge in [-0.1, -0.05) is 18.1 Å². The van der Waals surface area contributed by atoms with Crippen molar-refractivity contribution in [2.75, 3.05) is 13.2 Å². The zero-order chi connectivity index (χ0) is 14.7. The molecule has 1 heterocycles. The molecule has 3 saturated carbocycles. The monoisotopic (exact) mass is 302 g/mol. The van der Waals surface area contributed by atoms with Crippen LogP contribution in [0.3, 0.4) is 0 Å². The molecular weight excluding hydrogens is 276 g/mol. The summed E-state index contributed by atoms with van der Waals surface area (Å²) >= 11 is 0. The smallest absolute Gasteiger partial charge is 0.193 e. The second kappa shape index (κ2) is 4.91. The Bertz CT molecular complexity index is 525. The maximum Gasteiger partial charge on any atom is 0.193 e. The van der Waals surface area contributed by atoms with Crippen molar-refractivity contribution in [3.8, 4) is 0 Å². The third-order valence-corrected chi connectivity index (χ3v) is 7.33. The van der Waals surface area contributed by atoms with E-state index in [-0.39, 0.29) is 11.9 Å². The van der Waals surface area contributed by atoms with Gasteiger partial charge < -0.3 is 9.47 Å². The van der Waals surface area contributed by atoms with E-state index in [1.54, 1.807) is 5.57 Å². The lowest BCUT2D eigenvalue weighted by molar-refractivity contribution is -0.159. The predicted molar refractivity (Wildman–Crippen MR) is 82.4 cm³/mol. The minimum atomic E-state index is -0.484. The number of fused-ring (bicyclic) bond motifs is 5. The first-order chi connectivity index (χ1) is 10.8. The van der Waals surface area contributed by atoms with Crippen molar-refractivity contribution < 1.29 is 14.3 Å². The number of hydrogen-bond donors (Lipinski definition) is 0. The molecule has 1 saturated heterocycles. The summed E-state index contributed by atoms with van der Waals surface area (Å²) in [6, 6.07) is 0. The maximum absolute atomic E-state index is 12.9. The summed E-state index contributed by atoms with van der Waals surface area (Å²) in [5.74, 6) is 2.93. The Kier molecular flexibility index (Phi) is 3.07. The fraction of sp³-hybridized carbons (Fsp3) is 0.842. The Morgan fingerprint density at radius 1 is 1.14 bits per heavy atom. The van der Waals surface area contributed by atoms with Crippen LogP contribution in [-0.4, -0.2) is 30.7 Å². The summed E-state index contributed by atoms with van der Waals surface area (Å²) in [5, 5.41) is 0. The van der Waals surface area contributed by atoms with Crippen molar-refractivity contribution in [1.29, 1.82) is 0 Å². The maximum atomic E-state index is 12.9. The lowest BCUT2D eigenvalue weighted by atomic mass is 9.56. The van der Waals surface area contributed by atoms with Crippen LogP contribution in [0.15, 0.2) is 11.6 Å². The van der Waals surface area contributed by atoms with Crippen LogP contribution in [0, 0.1) is 23.7 Å². The van der Waals surface area contributed by atoms with Crippen molar-refractivity contribution in [2.45, 2.75) is 63.1 Å². The number of carbonyl (C=O) groups is 1. The van der Waals surface area contributed by atoms with Crippen molar-refractivity contribution in [1.82, 2.24) is 0 Å². The average Bonchev–Trinajstić information content (AvgIpc) is 2.73. The van der Waals surface area contributed by atoms with E-state index >= 15 is 0 Å². The molecule has 0 aromatic heterocycles. The molecule has 22 heavy (non-hydrogen) atoms. The van der Waals surface area contributed by atoms with Crippen LogP contribution in [0.1, 0.15) is 51.4 Å². The first kappa shape index (κ1) is 13.7. The molecule has 0 aromatic rings. The molecule has 1 aliphatic heterocycles. The molecule has 0 aromatic carbocycles. The van der Waals surface area contributed by atoms with Gasteiger partial charge in [0.25, 0.3) is 0 Å². The van der Waals surface area contributed by atoms with E-state index in [2.05, 4.69) is 6.08 Å². The minimum absolute atomic E-state index is 0.178. The van der Waals surface area contributed by atoms with Crippen LogP contribution >= 0.6 is 0 Å². The van der Waals surface area contributed by atoms with E-state index in [0.29, 0.717) is 25.0 Å². The molecule has 3 nitrogen and oxygen atoms in total. The summed E-state index contributed by atoms with van der Waals surface area (Å²) in [4.78, 5) is 12.9. The summed E-state index contributed by atoms with van der Waals surface area (Å²) in [6.45, 7) is 1.19. The third-order valence-electron chi connectivity index (χ3n) is 7.33. The largest absolute Gasteiger partial charge is 0.368 e. The molecular formula is C19H26O3. The Morgan fingerprint density at radius 3 is 3.05 bits per heavy atom. The Hall–Kier alpha value is -0.670. The molecule has 2 bridgehead atoms. The van der Waals surface area contributed by atoms with Crippen LogP contribution in [0.2, 0.25) is 0 Å². The predicted octanol–water partition coefficient (Wildman–Crippen LogP) is 3.28. The SMILES string of the molecule is O=C1C2C[C@H]3[C@@H]4CC=C5CCCC[C@@H]5[C@H]4CC[C@]13OCCO2. The van der Waals surface area contributed by atoms with Crippen LogP contribution in [0.25, 0.3) is 0 Å². The van der Waals surface area contributed by atoms with Crippen LogP contribution in [0.4, 0.5) is 0 Å². The molecule has 0 amide bonds. The van der Waals surface area contributed by atoms with Gasteiger partial charge in [0.15, 0.2) is 5.78 Å². The lowest BCUT2D eigenvalue weighted by Gasteiger charge is -2.51. The highest BCUT2D eigenvalue weighted by molar-refractivity contribution is 5.94. The van der Waals surface area contributed by atoms with Gasteiger partial charge in [-0.2, -0.15) is 0 Å². The van der Waals surface area contributed by atoms with Gasteiger partial charge in [0.2, 0.25) is 0 Å². The topological polar surface area (TPSA) is 35.5 Å². The molecule has 5 aliphatic rings. The van der Waals surface area contributed by atoms with E-state index in [1.165, 1.54) is 38.5 Å². The highest BCUT2D eigenvalue weighted by Gasteiger charge is 2.63. The number of carbonyl (C=O) groups excluding carboxylic acids is 1. The van der Waals surface area contributed by atoms with Gasteiger partial charge in [0.05, 0.1) is 13.2 Å². The summed E-state index contributed by atoms with van der Waals surface area (Å²) in [7, 11) is 0. The summed E-state index contributed by atoms with van der Waals surface area (Å²) in [6.07, 6.45) is 12.0. The Morgan fingerprint density at radius 2 is 2.09 bits per heavy atom. The third kappa shape index (κ3) is 1.73. The number of ketones is 1. The number of allylic oxidation sites excluding steroid dienone is 2. The molecule has 4 aliphatic carbocycles. The lowest BCUT2D eigenvalue weighted by Crippen LogP contribution is -2.53. The van der Waals surface area contributed by atoms with Crippen molar-refractivity contribution >= 4 is 5.78 Å². The van der Waals surface area contributed by atoms with Gasteiger partial charge in [-0.05, 0) is 62.7 Å². The fourth-order valence-electron chi connectivity index (χ4n) is 6.45. The molecule has 1 spiro atoms. The summed E-state index contributed by atoms with van der Waals surface area (Å²) in [5.41, 5.74) is 1.26. The van der Waals surface area contributed by atoms with Crippen molar-refractivity contribution in [3.05, 3.63) is 11.6 Å². The van der Waals surface area contributed by atoms with Gasteiger partial charge >= 0.3 is 0 Å². The highest BCUT2D eigenvalue weighted by Crippen LogP contribution is 2.58. The Labute approximate surface area is 132 Å². The molecule has 120 valence electrons. The molecule has 0 radical (unpaired) electrons. The molecule has 6 atom stereocenters. The minimum Gasteiger partial charge on any atom is -0.368 e. The van der Waals surface area contributed by atoms with E-state index < -0.39 is 5.60 Å². The van der Waals surface area contributed by atoms with E-state index in [0.717, 1.165) is 24.7 Å². The average molecular weight is 302 g/mol.